The molecule has 0 rings (SSSR count). The van der Waals surface area contributed by atoms with Gasteiger partial charge in [-0.05, 0) is 52.4 Å². The van der Waals surface area contributed by atoms with Gasteiger partial charge >= 0.3 is 11.9 Å². The molecule has 0 aliphatic heterocycles. The average Bonchev–Trinajstić information content (AvgIpc) is 2.95. The molecule has 0 saturated heterocycles. The quantitative estimate of drug-likeness (QED) is 0.0420. The number of carbonyl (C=O) groups is 2. The molecule has 0 aromatic rings. The van der Waals surface area contributed by atoms with Crippen LogP contribution >= 0.6 is 7.26 Å². The number of esters is 2. The molecule has 1 N–H and O–H groups in total. The van der Waals surface area contributed by atoms with Crippen molar-refractivity contribution in [3.8, 4) is 0 Å². The zero-order chi connectivity index (χ0) is 30.8. The van der Waals surface area contributed by atoms with Crippen molar-refractivity contribution in [2.75, 3.05) is 31.7 Å². The van der Waals surface area contributed by atoms with Crippen LogP contribution in [0.4, 0.5) is 0 Å². The maximum atomic E-state index is 13.0. The fourth-order valence-corrected chi connectivity index (χ4v) is 10.7. The maximum absolute atomic E-state index is 13.0. The van der Waals surface area contributed by atoms with Crippen molar-refractivity contribution in [2.24, 2.45) is 0 Å². The number of aliphatic hydroxyl groups is 1. The zero-order valence-corrected chi connectivity index (χ0v) is 29.9. The highest BCUT2D eigenvalue weighted by molar-refractivity contribution is 7.76. The van der Waals surface area contributed by atoms with E-state index in [-0.39, 0.29) is 37.2 Å². The summed E-state index contributed by atoms with van der Waals surface area (Å²) < 4.78 is 10.5. The van der Waals surface area contributed by atoms with Crippen molar-refractivity contribution in [3.05, 3.63) is 12.2 Å². The largest absolute Gasteiger partial charge is 1.00 e. The molecule has 0 amide bonds. The molecular weight excluding hydrogens is 567 g/mol. The first kappa shape index (κ1) is 43.5. The van der Waals surface area contributed by atoms with Crippen molar-refractivity contribution in [2.45, 2.75) is 168 Å². The third-order valence-electron chi connectivity index (χ3n) is 8.46. The second-order valence-electron chi connectivity index (χ2n) is 12.5. The molecular formula is C35H68ClO5P. The van der Waals surface area contributed by atoms with Gasteiger partial charge in [0.2, 0.25) is 0 Å². The van der Waals surface area contributed by atoms with Crippen molar-refractivity contribution in [3.63, 3.8) is 0 Å². The normalized spacial score (nSPS) is 12.8. The summed E-state index contributed by atoms with van der Waals surface area (Å²) in [6, 6.07) is 0. The van der Waals surface area contributed by atoms with Crippen LogP contribution in [0.1, 0.15) is 157 Å². The molecule has 0 radical (unpaired) electrons. The summed E-state index contributed by atoms with van der Waals surface area (Å²) in [5, 5.41) is 10.2. The van der Waals surface area contributed by atoms with E-state index in [1.165, 1.54) is 134 Å². The Labute approximate surface area is 267 Å². The number of ether oxygens (including phenoxy) is 2. The third-order valence-corrected chi connectivity index (χ3v) is 14.1. The van der Waals surface area contributed by atoms with Crippen molar-refractivity contribution < 1.29 is 36.6 Å². The van der Waals surface area contributed by atoms with Crippen LogP contribution in [-0.4, -0.2) is 60.5 Å². The third kappa shape index (κ3) is 22.8. The van der Waals surface area contributed by atoms with Gasteiger partial charge in [-0.2, -0.15) is 0 Å². The van der Waals surface area contributed by atoms with E-state index in [2.05, 4.69) is 34.3 Å². The van der Waals surface area contributed by atoms with Gasteiger partial charge in [-0.25, -0.2) is 4.79 Å². The molecule has 250 valence electrons. The lowest BCUT2D eigenvalue weighted by Crippen LogP contribution is -3.00. The van der Waals surface area contributed by atoms with Gasteiger partial charge in [0.15, 0.2) is 0 Å². The first-order valence-corrected chi connectivity index (χ1v) is 19.7. The highest BCUT2D eigenvalue weighted by Crippen LogP contribution is 2.65. The second-order valence-corrected chi connectivity index (χ2v) is 17.1. The standard InChI is InChI=1S/C35H68O5P.ClH/c1-7-10-13-16-19-22-25-41(26-23-20-17-14-11-8-2,27-24-21-18-15-12-9-3)32(6)28-34(37)39-29-33(36)30-40-35(38)31(4)5;/h32-33,36H,4,7-30H2,1-3,5-6H3;1H/q+1;/p-1. The van der Waals surface area contributed by atoms with Crippen molar-refractivity contribution in [1.82, 2.24) is 0 Å². The predicted octanol–water partition coefficient (Wildman–Crippen LogP) is 6.89. The zero-order valence-electron chi connectivity index (χ0n) is 28.2. The molecule has 0 heterocycles. The molecule has 0 spiro atoms. The lowest BCUT2D eigenvalue weighted by molar-refractivity contribution is -0.150. The summed E-state index contributed by atoms with van der Waals surface area (Å²) >= 11 is 0. The van der Waals surface area contributed by atoms with E-state index in [1.54, 1.807) is 6.92 Å². The average molecular weight is 635 g/mol. The number of hydrogen-bond donors (Lipinski definition) is 1. The van der Waals surface area contributed by atoms with Crippen LogP contribution < -0.4 is 12.4 Å². The molecule has 0 fully saturated rings. The summed E-state index contributed by atoms with van der Waals surface area (Å²) in [6.45, 7) is 13.9. The van der Waals surface area contributed by atoms with Crippen molar-refractivity contribution >= 4 is 19.2 Å². The van der Waals surface area contributed by atoms with Crippen LogP contribution in [0.5, 0.6) is 0 Å². The van der Waals surface area contributed by atoms with Crippen LogP contribution in [0.3, 0.4) is 0 Å². The SMILES string of the molecule is C=C(C)C(=O)OCC(O)COC(=O)CC(C)[P+](CCCCCCCC)(CCCCCCCC)CCCCCCCC.[Cl-]. The number of halogens is 1. The molecule has 5 nitrogen and oxygen atoms in total. The smallest absolute Gasteiger partial charge is 0.333 e. The van der Waals surface area contributed by atoms with Crippen LogP contribution in [-0.2, 0) is 19.1 Å². The molecule has 0 aromatic carbocycles. The Bertz CT molecular complexity index is 631. The number of hydrogen-bond acceptors (Lipinski definition) is 5. The first-order valence-electron chi connectivity index (χ1n) is 17.2. The summed E-state index contributed by atoms with van der Waals surface area (Å²) in [4.78, 5) is 24.5. The van der Waals surface area contributed by atoms with E-state index >= 15 is 0 Å². The fraction of sp³-hybridized carbons (Fsp3) is 0.886. The van der Waals surface area contributed by atoms with E-state index in [0.717, 1.165) is 0 Å². The molecule has 0 aliphatic rings. The predicted molar refractivity (Wildman–Crippen MR) is 178 cm³/mol. The fourth-order valence-electron chi connectivity index (χ4n) is 5.64. The van der Waals surface area contributed by atoms with E-state index in [0.29, 0.717) is 12.1 Å². The van der Waals surface area contributed by atoms with E-state index in [9.17, 15) is 14.7 Å². The number of aliphatic hydroxyl groups excluding tert-OH is 1. The van der Waals surface area contributed by atoms with E-state index in [1.807, 2.05) is 0 Å². The Balaban J connectivity index is 0. The monoisotopic (exact) mass is 634 g/mol. The van der Waals surface area contributed by atoms with Gasteiger partial charge in [0, 0.05) is 12.8 Å². The van der Waals surface area contributed by atoms with Crippen LogP contribution in [0.15, 0.2) is 12.2 Å². The highest BCUT2D eigenvalue weighted by Gasteiger charge is 2.42. The van der Waals surface area contributed by atoms with Gasteiger partial charge in [-0.15, -0.1) is 0 Å². The number of rotatable bonds is 29. The maximum Gasteiger partial charge on any atom is 0.333 e. The Kier molecular flexibility index (Phi) is 30.1. The van der Waals surface area contributed by atoms with Crippen molar-refractivity contribution in [1.29, 1.82) is 0 Å². The molecule has 2 unspecified atom stereocenters. The molecule has 7 heteroatoms. The molecule has 0 aliphatic carbocycles. The lowest BCUT2D eigenvalue weighted by atomic mass is 10.1. The van der Waals surface area contributed by atoms with E-state index in [4.69, 9.17) is 9.47 Å². The van der Waals surface area contributed by atoms with Crippen LogP contribution in [0.2, 0.25) is 0 Å². The topological polar surface area (TPSA) is 72.8 Å². The van der Waals surface area contributed by atoms with Crippen LogP contribution in [0, 0.1) is 0 Å². The lowest BCUT2D eigenvalue weighted by Gasteiger charge is -2.33. The van der Waals surface area contributed by atoms with Gasteiger partial charge < -0.3 is 27.0 Å². The molecule has 0 bridgehead atoms. The Morgan fingerprint density at radius 2 is 1.02 bits per heavy atom. The minimum absolute atomic E-state index is 0. The summed E-state index contributed by atoms with van der Waals surface area (Å²) in [7, 11) is -1.33. The second kappa shape index (κ2) is 29.1. The minimum Gasteiger partial charge on any atom is -1.00 e. The number of carbonyl (C=O) groups excluding carboxylic acids is 2. The van der Waals surface area contributed by atoms with Gasteiger partial charge in [0.05, 0.1) is 30.6 Å². The summed E-state index contributed by atoms with van der Waals surface area (Å²) in [5.41, 5.74) is 0.625. The highest BCUT2D eigenvalue weighted by atomic mass is 35.5. The summed E-state index contributed by atoms with van der Waals surface area (Å²) in [5.74, 6) is -0.779. The molecule has 2 atom stereocenters. The molecule has 0 aromatic heterocycles. The van der Waals surface area contributed by atoms with Gasteiger partial charge in [0.1, 0.15) is 19.3 Å². The first-order chi connectivity index (χ1) is 19.7. The number of unbranched alkanes of at least 4 members (excludes halogenated alkanes) is 15. The Morgan fingerprint density at radius 3 is 1.40 bits per heavy atom. The minimum atomic E-state index is -1.33. The van der Waals surface area contributed by atoms with Crippen LogP contribution in [0.25, 0.3) is 0 Å². The Hall–Kier alpha value is -0.640. The Morgan fingerprint density at radius 1 is 0.667 bits per heavy atom. The molecule has 0 saturated carbocycles. The van der Waals surface area contributed by atoms with E-state index < -0.39 is 19.3 Å². The summed E-state index contributed by atoms with van der Waals surface area (Å²) in [6.07, 6.45) is 26.9. The van der Waals surface area contributed by atoms with Gasteiger partial charge in [-0.3, -0.25) is 4.79 Å². The van der Waals surface area contributed by atoms with Gasteiger partial charge in [0.25, 0.3) is 0 Å². The molecule has 42 heavy (non-hydrogen) atoms. The van der Waals surface area contributed by atoms with Gasteiger partial charge in [-0.1, -0.05) is 104 Å².